The standard InChI is InChI=1S/C14H19N3S/c1-10(2)4-15-5-12-6-16-14(17-7-12)13-9-18-8-11(13)3/h6-10,15H,4-5H2,1-3H3. The Morgan fingerprint density at radius 1 is 1.22 bits per heavy atom. The van der Waals surface area contributed by atoms with Crippen LogP contribution < -0.4 is 5.32 Å². The van der Waals surface area contributed by atoms with Crippen LogP contribution in [-0.4, -0.2) is 16.5 Å². The summed E-state index contributed by atoms with van der Waals surface area (Å²) >= 11 is 1.69. The third-order valence-corrected chi connectivity index (χ3v) is 3.54. The fraction of sp³-hybridized carbons (Fsp3) is 0.429. The van der Waals surface area contributed by atoms with Gasteiger partial charge in [0.15, 0.2) is 5.82 Å². The predicted octanol–water partition coefficient (Wildman–Crippen LogP) is 3.26. The molecular weight excluding hydrogens is 242 g/mol. The van der Waals surface area contributed by atoms with Gasteiger partial charge in [-0.15, -0.1) is 0 Å². The molecule has 0 atom stereocenters. The van der Waals surface area contributed by atoms with Gasteiger partial charge in [-0.3, -0.25) is 0 Å². The molecule has 1 N–H and O–H groups in total. The van der Waals surface area contributed by atoms with E-state index in [-0.39, 0.29) is 0 Å². The van der Waals surface area contributed by atoms with Crippen LogP contribution in [0.15, 0.2) is 23.2 Å². The highest BCUT2D eigenvalue weighted by Crippen LogP contribution is 2.23. The maximum absolute atomic E-state index is 4.44. The van der Waals surface area contributed by atoms with Gasteiger partial charge in [-0.2, -0.15) is 11.3 Å². The SMILES string of the molecule is Cc1cscc1-c1ncc(CNCC(C)C)cn1. The molecule has 2 rings (SSSR count). The quantitative estimate of drug-likeness (QED) is 0.897. The van der Waals surface area contributed by atoms with Crippen molar-refractivity contribution >= 4 is 11.3 Å². The molecule has 0 amide bonds. The van der Waals surface area contributed by atoms with Gasteiger partial charge in [-0.05, 0) is 30.3 Å². The largest absolute Gasteiger partial charge is 0.312 e. The Hall–Kier alpha value is -1.26. The minimum Gasteiger partial charge on any atom is -0.312 e. The number of nitrogens with zero attached hydrogens (tertiary/aromatic N) is 2. The Bertz CT molecular complexity index is 488. The zero-order chi connectivity index (χ0) is 13.0. The molecular formula is C14H19N3S. The Morgan fingerprint density at radius 2 is 1.94 bits per heavy atom. The lowest BCUT2D eigenvalue weighted by Crippen LogP contribution is -2.19. The summed E-state index contributed by atoms with van der Waals surface area (Å²) < 4.78 is 0. The normalized spacial score (nSPS) is 11.1. The third kappa shape index (κ3) is 3.37. The smallest absolute Gasteiger partial charge is 0.160 e. The minimum absolute atomic E-state index is 0.665. The first-order valence-corrected chi connectivity index (χ1v) is 7.16. The van der Waals surface area contributed by atoms with Crippen LogP contribution in [0.1, 0.15) is 25.0 Å². The lowest BCUT2D eigenvalue weighted by atomic mass is 10.2. The van der Waals surface area contributed by atoms with Crippen LogP contribution in [0.25, 0.3) is 11.4 Å². The van der Waals surface area contributed by atoms with Crippen molar-refractivity contribution in [2.24, 2.45) is 5.92 Å². The minimum atomic E-state index is 0.665. The van der Waals surface area contributed by atoms with Crippen molar-refractivity contribution in [3.63, 3.8) is 0 Å². The van der Waals surface area contributed by atoms with Gasteiger partial charge in [0, 0.05) is 35.4 Å². The van der Waals surface area contributed by atoms with Gasteiger partial charge < -0.3 is 5.32 Å². The second-order valence-electron chi connectivity index (χ2n) is 4.91. The van der Waals surface area contributed by atoms with Gasteiger partial charge in [0.05, 0.1) is 0 Å². The fourth-order valence-electron chi connectivity index (χ4n) is 1.68. The first-order chi connectivity index (χ1) is 8.66. The van der Waals surface area contributed by atoms with E-state index in [1.165, 1.54) is 5.56 Å². The molecule has 0 unspecified atom stereocenters. The molecule has 0 aliphatic heterocycles. The van der Waals surface area contributed by atoms with Gasteiger partial charge in [-0.1, -0.05) is 13.8 Å². The molecule has 0 radical (unpaired) electrons. The molecule has 2 aromatic heterocycles. The molecule has 3 nitrogen and oxygen atoms in total. The van der Waals surface area contributed by atoms with Crippen LogP contribution >= 0.6 is 11.3 Å². The Balaban J connectivity index is 2.00. The van der Waals surface area contributed by atoms with Gasteiger partial charge in [-0.25, -0.2) is 9.97 Å². The van der Waals surface area contributed by atoms with E-state index in [2.05, 4.69) is 46.8 Å². The van der Waals surface area contributed by atoms with Crippen molar-refractivity contribution < 1.29 is 0 Å². The molecule has 96 valence electrons. The number of nitrogens with one attached hydrogen (secondary N) is 1. The summed E-state index contributed by atoms with van der Waals surface area (Å²) in [6, 6.07) is 0. The van der Waals surface area contributed by atoms with E-state index in [1.54, 1.807) is 11.3 Å². The summed E-state index contributed by atoms with van der Waals surface area (Å²) in [4.78, 5) is 8.87. The maximum Gasteiger partial charge on any atom is 0.160 e. The molecule has 2 heterocycles. The van der Waals surface area contributed by atoms with Crippen molar-refractivity contribution in [2.45, 2.75) is 27.3 Å². The second-order valence-corrected chi connectivity index (χ2v) is 5.65. The van der Waals surface area contributed by atoms with E-state index in [0.29, 0.717) is 5.92 Å². The summed E-state index contributed by atoms with van der Waals surface area (Å²) in [5.41, 5.74) is 3.51. The molecule has 18 heavy (non-hydrogen) atoms. The number of aromatic nitrogens is 2. The highest BCUT2D eigenvalue weighted by atomic mass is 32.1. The first kappa shape index (κ1) is 13.2. The van der Waals surface area contributed by atoms with E-state index in [1.807, 2.05) is 12.4 Å². The molecule has 0 spiro atoms. The zero-order valence-corrected chi connectivity index (χ0v) is 11.9. The number of thiophene rings is 1. The lowest BCUT2D eigenvalue weighted by Gasteiger charge is -2.07. The molecule has 0 saturated carbocycles. The number of rotatable bonds is 5. The third-order valence-electron chi connectivity index (χ3n) is 2.68. The molecule has 0 bridgehead atoms. The fourth-order valence-corrected chi connectivity index (χ4v) is 2.51. The summed E-state index contributed by atoms with van der Waals surface area (Å²) in [5.74, 6) is 1.49. The van der Waals surface area contributed by atoms with Gasteiger partial charge in [0.2, 0.25) is 0 Å². The molecule has 0 aliphatic carbocycles. The summed E-state index contributed by atoms with van der Waals surface area (Å²) in [5, 5.41) is 7.61. The Kier molecular flexibility index (Phi) is 4.44. The number of hydrogen-bond donors (Lipinski definition) is 1. The Labute approximate surface area is 112 Å². The van der Waals surface area contributed by atoms with Crippen LogP contribution in [0, 0.1) is 12.8 Å². The van der Waals surface area contributed by atoms with Crippen LogP contribution in [0.5, 0.6) is 0 Å². The average Bonchev–Trinajstić information content (AvgIpc) is 2.76. The van der Waals surface area contributed by atoms with Gasteiger partial charge >= 0.3 is 0 Å². The number of aryl methyl sites for hydroxylation is 1. The van der Waals surface area contributed by atoms with E-state index >= 15 is 0 Å². The topological polar surface area (TPSA) is 37.8 Å². The van der Waals surface area contributed by atoms with E-state index in [4.69, 9.17) is 0 Å². The van der Waals surface area contributed by atoms with Crippen LogP contribution in [-0.2, 0) is 6.54 Å². The monoisotopic (exact) mass is 261 g/mol. The van der Waals surface area contributed by atoms with Crippen LogP contribution in [0.2, 0.25) is 0 Å². The van der Waals surface area contributed by atoms with Crippen molar-refractivity contribution in [3.05, 3.63) is 34.3 Å². The number of hydrogen-bond acceptors (Lipinski definition) is 4. The van der Waals surface area contributed by atoms with Crippen molar-refractivity contribution in [1.29, 1.82) is 0 Å². The van der Waals surface area contributed by atoms with E-state index in [9.17, 15) is 0 Å². The van der Waals surface area contributed by atoms with Crippen molar-refractivity contribution in [1.82, 2.24) is 15.3 Å². The van der Waals surface area contributed by atoms with Crippen LogP contribution in [0.4, 0.5) is 0 Å². The first-order valence-electron chi connectivity index (χ1n) is 6.21. The molecule has 0 aliphatic rings. The second kappa shape index (κ2) is 6.07. The van der Waals surface area contributed by atoms with Gasteiger partial charge in [0.25, 0.3) is 0 Å². The highest BCUT2D eigenvalue weighted by molar-refractivity contribution is 7.08. The summed E-state index contributed by atoms with van der Waals surface area (Å²) in [6.07, 6.45) is 3.82. The summed E-state index contributed by atoms with van der Waals surface area (Å²) in [6.45, 7) is 8.34. The Morgan fingerprint density at radius 3 is 2.50 bits per heavy atom. The average molecular weight is 261 g/mol. The maximum atomic E-state index is 4.44. The molecule has 0 fully saturated rings. The highest BCUT2D eigenvalue weighted by Gasteiger charge is 2.05. The zero-order valence-electron chi connectivity index (χ0n) is 11.1. The van der Waals surface area contributed by atoms with E-state index in [0.717, 1.165) is 30.0 Å². The van der Waals surface area contributed by atoms with Crippen molar-refractivity contribution in [2.75, 3.05) is 6.54 Å². The lowest BCUT2D eigenvalue weighted by molar-refractivity contribution is 0.551. The molecule has 0 saturated heterocycles. The predicted molar refractivity (Wildman–Crippen MR) is 76.6 cm³/mol. The van der Waals surface area contributed by atoms with Crippen molar-refractivity contribution in [3.8, 4) is 11.4 Å². The van der Waals surface area contributed by atoms with E-state index < -0.39 is 0 Å². The molecule has 0 aromatic carbocycles. The molecule has 4 heteroatoms. The molecule has 2 aromatic rings. The van der Waals surface area contributed by atoms with Crippen LogP contribution in [0.3, 0.4) is 0 Å². The van der Waals surface area contributed by atoms with Gasteiger partial charge in [0.1, 0.15) is 0 Å². The summed E-state index contributed by atoms with van der Waals surface area (Å²) in [7, 11) is 0.